The zero-order chi connectivity index (χ0) is 21.0. The van der Waals surface area contributed by atoms with Crippen LogP contribution in [0.5, 0.6) is 5.75 Å². The van der Waals surface area contributed by atoms with Gasteiger partial charge in [0.2, 0.25) is 0 Å². The van der Waals surface area contributed by atoms with Crippen LogP contribution in [0, 0.1) is 12.8 Å². The predicted molar refractivity (Wildman–Crippen MR) is 108 cm³/mol. The molecule has 1 saturated heterocycles. The smallest absolute Gasteiger partial charge is 0.317 e. The molecule has 2 N–H and O–H groups in total. The molecule has 0 radical (unpaired) electrons. The highest BCUT2D eigenvalue weighted by Gasteiger charge is 2.32. The van der Waals surface area contributed by atoms with Crippen LogP contribution in [0.2, 0.25) is 0 Å². The van der Waals surface area contributed by atoms with Gasteiger partial charge in [-0.2, -0.15) is 0 Å². The van der Waals surface area contributed by atoms with Crippen LogP contribution in [0.3, 0.4) is 0 Å². The van der Waals surface area contributed by atoms with Crippen LogP contribution in [0.25, 0.3) is 0 Å². The third-order valence-corrected chi connectivity index (χ3v) is 5.30. The Hall–Kier alpha value is -2.77. The van der Waals surface area contributed by atoms with E-state index < -0.39 is 18.0 Å². The summed E-state index contributed by atoms with van der Waals surface area (Å²) in [7, 11) is 1.53. The van der Waals surface area contributed by atoms with Gasteiger partial charge in [-0.25, -0.2) is 4.79 Å². The van der Waals surface area contributed by atoms with Gasteiger partial charge in [0.15, 0.2) is 6.10 Å². The van der Waals surface area contributed by atoms with E-state index in [-0.39, 0.29) is 11.9 Å². The number of nitrogens with zero attached hydrogens (tertiary/aromatic N) is 1. The van der Waals surface area contributed by atoms with Crippen molar-refractivity contribution in [2.24, 2.45) is 5.92 Å². The maximum absolute atomic E-state index is 12.5. The molecule has 8 nitrogen and oxygen atoms in total. The number of hydrogen-bond acceptors (Lipinski definition) is 5. The fourth-order valence-electron chi connectivity index (χ4n) is 3.29. The van der Waals surface area contributed by atoms with Crippen LogP contribution >= 0.6 is 0 Å². The van der Waals surface area contributed by atoms with Gasteiger partial charge in [0, 0.05) is 19.1 Å². The average molecular weight is 403 g/mol. The first-order valence-corrected chi connectivity index (χ1v) is 10.1. The Bertz CT molecular complexity index is 770. The van der Waals surface area contributed by atoms with Crippen LogP contribution in [-0.4, -0.2) is 55.2 Å². The Labute approximate surface area is 170 Å². The lowest BCUT2D eigenvalue weighted by molar-refractivity contribution is -0.158. The minimum absolute atomic E-state index is 0.0563. The lowest BCUT2D eigenvalue weighted by Gasteiger charge is -2.31. The van der Waals surface area contributed by atoms with E-state index >= 15 is 0 Å². The number of aryl methyl sites for hydroxylation is 1. The number of benzene rings is 1. The molecule has 1 saturated carbocycles. The molecule has 1 atom stereocenters. The van der Waals surface area contributed by atoms with E-state index in [1.165, 1.54) is 7.11 Å². The minimum Gasteiger partial charge on any atom is -0.495 e. The van der Waals surface area contributed by atoms with Gasteiger partial charge in [-0.3, -0.25) is 9.59 Å². The normalized spacial score (nSPS) is 18.0. The van der Waals surface area contributed by atoms with Crippen LogP contribution in [0.4, 0.5) is 10.5 Å². The third-order valence-electron chi connectivity index (χ3n) is 5.30. The van der Waals surface area contributed by atoms with Gasteiger partial charge in [-0.05, 0) is 57.2 Å². The van der Waals surface area contributed by atoms with Crippen molar-refractivity contribution in [3.05, 3.63) is 23.8 Å². The maximum atomic E-state index is 12.5. The second-order valence-electron chi connectivity index (χ2n) is 7.76. The summed E-state index contributed by atoms with van der Waals surface area (Å²) < 4.78 is 10.6. The minimum atomic E-state index is -0.927. The van der Waals surface area contributed by atoms with Crippen molar-refractivity contribution in [3.8, 4) is 5.75 Å². The van der Waals surface area contributed by atoms with E-state index in [4.69, 9.17) is 9.47 Å². The van der Waals surface area contributed by atoms with E-state index in [2.05, 4.69) is 10.6 Å². The number of anilines is 1. The molecule has 0 bridgehead atoms. The van der Waals surface area contributed by atoms with Crippen LogP contribution in [0.1, 0.15) is 38.2 Å². The van der Waals surface area contributed by atoms with E-state index in [1.807, 2.05) is 13.0 Å². The first-order chi connectivity index (χ1) is 13.9. The van der Waals surface area contributed by atoms with Gasteiger partial charge < -0.3 is 25.0 Å². The summed E-state index contributed by atoms with van der Waals surface area (Å²) in [5, 5.41) is 5.71. The number of urea groups is 1. The quantitative estimate of drug-likeness (QED) is 0.711. The van der Waals surface area contributed by atoms with E-state index in [1.54, 1.807) is 24.0 Å². The molecule has 0 aromatic heterocycles. The van der Waals surface area contributed by atoms with Gasteiger partial charge in [0.1, 0.15) is 5.75 Å². The van der Waals surface area contributed by atoms with Crippen molar-refractivity contribution < 1.29 is 23.9 Å². The molecule has 3 amide bonds. The summed E-state index contributed by atoms with van der Waals surface area (Å²) in [5.41, 5.74) is 1.51. The number of carbonyl (C=O) groups excluding carboxylic acids is 3. The molecule has 0 unspecified atom stereocenters. The lowest BCUT2D eigenvalue weighted by Crippen LogP contribution is -2.46. The van der Waals surface area contributed by atoms with E-state index in [0.717, 1.165) is 18.4 Å². The Kier molecular flexibility index (Phi) is 6.61. The van der Waals surface area contributed by atoms with Gasteiger partial charge in [0.25, 0.3) is 5.91 Å². The number of piperidine rings is 1. The number of methoxy groups -OCH3 is 1. The Morgan fingerprint density at radius 2 is 1.83 bits per heavy atom. The molecule has 1 aromatic rings. The molecule has 1 heterocycles. The van der Waals surface area contributed by atoms with Crippen molar-refractivity contribution >= 4 is 23.6 Å². The van der Waals surface area contributed by atoms with Crippen molar-refractivity contribution in [1.82, 2.24) is 10.2 Å². The molecule has 8 heteroatoms. The SMILES string of the molecule is COc1ccc(C)cc1NC(=O)[C@@H](C)OC(=O)C1CCN(C(=O)NC2CC2)CC1. The van der Waals surface area contributed by atoms with Gasteiger partial charge in [-0.1, -0.05) is 6.07 Å². The molecule has 2 fully saturated rings. The van der Waals surface area contributed by atoms with E-state index in [9.17, 15) is 14.4 Å². The van der Waals surface area contributed by atoms with Gasteiger partial charge in [-0.15, -0.1) is 0 Å². The highest BCUT2D eigenvalue weighted by Crippen LogP contribution is 2.26. The summed E-state index contributed by atoms with van der Waals surface area (Å²) in [4.78, 5) is 38.7. The zero-order valence-corrected chi connectivity index (χ0v) is 17.2. The highest BCUT2D eigenvalue weighted by atomic mass is 16.5. The molecule has 0 spiro atoms. The van der Waals surface area contributed by atoms with Gasteiger partial charge >= 0.3 is 12.0 Å². The number of esters is 1. The summed E-state index contributed by atoms with van der Waals surface area (Å²) >= 11 is 0. The first-order valence-electron chi connectivity index (χ1n) is 10.1. The highest BCUT2D eigenvalue weighted by molar-refractivity contribution is 5.96. The van der Waals surface area contributed by atoms with Crippen molar-refractivity contribution in [2.75, 3.05) is 25.5 Å². The maximum Gasteiger partial charge on any atom is 0.317 e. The Morgan fingerprint density at radius 1 is 1.14 bits per heavy atom. The monoisotopic (exact) mass is 403 g/mol. The largest absolute Gasteiger partial charge is 0.495 e. The molecular weight excluding hydrogens is 374 g/mol. The van der Waals surface area contributed by atoms with Crippen LogP contribution in [0.15, 0.2) is 18.2 Å². The van der Waals surface area contributed by atoms with Crippen molar-refractivity contribution in [2.45, 2.75) is 51.7 Å². The topological polar surface area (TPSA) is 97.0 Å². The molecule has 1 aliphatic carbocycles. The summed E-state index contributed by atoms with van der Waals surface area (Å²) in [5.74, 6) is -0.572. The van der Waals surface area contributed by atoms with Crippen molar-refractivity contribution in [1.29, 1.82) is 0 Å². The number of rotatable bonds is 6. The number of ether oxygens (including phenoxy) is 2. The van der Waals surface area contributed by atoms with Crippen LogP contribution in [-0.2, 0) is 14.3 Å². The fraction of sp³-hybridized carbons (Fsp3) is 0.571. The van der Waals surface area contributed by atoms with Gasteiger partial charge in [0.05, 0.1) is 18.7 Å². The second-order valence-corrected chi connectivity index (χ2v) is 7.76. The molecule has 1 aromatic carbocycles. The standard InChI is InChI=1S/C21H29N3O5/c1-13-4-7-18(28-3)17(12-13)23-19(25)14(2)29-20(26)15-8-10-24(11-9-15)21(27)22-16-5-6-16/h4,7,12,14-16H,5-6,8-11H2,1-3H3,(H,22,27)(H,23,25)/t14-/m1/s1. The number of likely N-dealkylation sites (tertiary alicyclic amines) is 1. The number of amides is 3. The molecule has 1 aliphatic heterocycles. The molecule has 3 rings (SSSR count). The second kappa shape index (κ2) is 9.15. The fourth-order valence-corrected chi connectivity index (χ4v) is 3.29. The summed E-state index contributed by atoms with van der Waals surface area (Å²) in [6, 6.07) is 5.72. The van der Waals surface area contributed by atoms with Crippen molar-refractivity contribution in [3.63, 3.8) is 0 Å². The molecular formula is C21H29N3O5. The molecule has 2 aliphatic rings. The first kappa shape index (κ1) is 21.0. The lowest BCUT2D eigenvalue weighted by atomic mass is 9.97. The average Bonchev–Trinajstić information content (AvgIpc) is 3.52. The molecule has 29 heavy (non-hydrogen) atoms. The van der Waals surface area contributed by atoms with Crippen LogP contribution < -0.4 is 15.4 Å². The summed E-state index contributed by atoms with van der Waals surface area (Å²) in [6.07, 6.45) is 2.24. The summed E-state index contributed by atoms with van der Waals surface area (Å²) in [6.45, 7) is 4.49. The van der Waals surface area contributed by atoms with E-state index in [0.29, 0.717) is 43.4 Å². The zero-order valence-electron chi connectivity index (χ0n) is 17.2. The number of nitrogens with one attached hydrogen (secondary N) is 2. The predicted octanol–water partition coefficient (Wildman–Crippen LogP) is 2.46. The Morgan fingerprint density at radius 3 is 2.45 bits per heavy atom. The number of hydrogen-bond donors (Lipinski definition) is 2. The number of carbonyl (C=O) groups is 3. The third kappa shape index (κ3) is 5.62. The Balaban J connectivity index is 1.47. The molecule has 158 valence electrons.